The van der Waals surface area contributed by atoms with Crippen LogP contribution in [0.2, 0.25) is 0 Å². The summed E-state index contributed by atoms with van der Waals surface area (Å²) in [6, 6.07) is 0. The Bertz CT molecular complexity index is 569. The Balaban J connectivity index is 2.27. The van der Waals surface area contributed by atoms with Crippen molar-refractivity contribution in [1.82, 2.24) is 0 Å². The molecule has 31 heavy (non-hydrogen) atoms. The zero-order chi connectivity index (χ0) is 22.4. The maximum atomic E-state index is 13.7. The summed E-state index contributed by atoms with van der Waals surface area (Å²) < 4.78 is 11.7. The highest BCUT2D eigenvalue weighted by Gasteiger charge is 2.58. The summed E-state index contributed by atoms with van der Waals surface area (Å²) >= 11 is 0. The summed E-state index contributed by atoms with van der Waals surface area (Å²) in [4.78, 5) is 27.5. The molecule has 2 rings (SSSR count). The van der Waals surface area contributed by atoms with Gasteiger partial charge >= 0.3 is 8.07 Å². The average molecular weight is 449 g/mol. The largest absolute Gasteiger partial charge is 0.469 e. The molecule has 5 heteroatoms. The lowest BCUT2D eigenvalue weighted by molar-refractivity contribution is 0.158. The van der Waals surface area contributed by atoms with Crippen LogP contribution in [0, 0.1) is 0 Å². The van der Waals surface area contributed by atoms with Crippen molar-refractivity contribution >= 4 is 19.3 Å². The second-order valence-electron chi connectivity index (χ2n) is 9.09. The van der Waals surface area contributed by atoms with Crippen molar-refractivity contribution in [3.8, 4) is 0 Å². The summed E-state index contributed by atoms with van der Waals surface area (Å²) in [7, 11) is -3.34. The van der Waals surface area contributed by atoms with E-state index in [-0.39, 0.29) is 11.2 Å². The van der Waals surface area contributed by atoms with E-state index in [1.165, 1.54) is 0 Å². The Labute approximate surface area is 190 Å². The Kier molecular flexibility index (Phi) is 12.2. The molecule has 0 saturated carbocycles. The summed E-state index contributed by atoms with van der Waals surface area (Å²) in [5.74, 6) is 0. The van der Waals surface area contributed by atoms with Crippen LogP contribution in [0.4, 0.5) is 9.59 Å². The molecule has 0 aliphatic heterocycles. The van der Waals surface area contributed by atoms with Crippen molar-refractivity contribution in [2.45, 2.75) is 117 Å². The Morgan fingerprint density at radius 2 is 1.16 bits per heavy atom. The van der Waals surface area contributed by atoms with E-state index < -0.39 is 8.07 Å². The molecule has 0 fully saturated rings. The van der Waals surface area contributed by atoms with Gasteiger partial charge in [-0.2, -0.15) is 0 Å². The number of carbonyl (C=O) groups excluding carboxylic acids is 2. The highest BCUT2D eigenvalue weighted by Crippen LogP contribution is 2.38. The van der Waals surface area contributed by atoms with Crippen LogP contribution in [0.15, 0.2) is 22.5 Å². The van der Waals surface area contributed by atoms with Crippen LogP contribution in [-0.4, -0.2) is 32.5 Å². The fourth-order valence-electron chi connectivity index (χ4n) is 4.78. The van der Waals surface area contributed by atoms with Gasteiger partial charge in [-0.05, 0) is 64.2 Å². The van der Waals surface area contributed by atoms with Gasteiger partial charge in [0.05, 0.1) is 13.2 Å². The van der Waals surface area contributed by atoms with Gasteiger partial charge in [0.1, 0.15) is 0 Å². The van der Waals surface area contributed by atoms with Crippen molar-refractivity contribution in [2.75, 3.05) is 13.2 Å². The molecule has 2 aliphatic carbocycles. The predicted molar refractivity (Wildman–Crippen MR) is 130 cm³/mol. The van der Waals surface area contributed by atoms with E-state index in [0.717, 1.165) is 113 Å². The summed E-state index contributed by atoms with van der Waals surface area (Å²) in [6.45, 7) is 5.17. The molecule has 0 bridgehead atoms. The van der Waals surface area contributed by atoms with Crippen molar-refractivity contribution < 1.29 is 19.1 Å². The maximum absolute atomic E-state index is 13.7. The first-order valence-corrected chi connectivity index (χ1v) is 14.9. The van der Waals surface area contributed by atoms with Crippen LogP contribution in [-0.2, 0) is 9.47 Å². The topological polar surface area (TPSA) is 52.6 Å². The van der Waals surface area contributed by atoms with Gasteiger partial charge in [-0.25, -0.2) is 0 Å². The molecule has 0 N–H and O–H groups in total. The molecule has 0 aromatic rings. The molecule has 0 heterocycles. The number of rotatable bonds is 14. The molecule has 0 unspecified atom stereocenters. The third-order valence-corrected chi connectivity index (χ3v) is 11.0. The molecule has 4 nitrogen and oxygen atoms in total. The maximum Gasteiger partial charge on any atom is 0.362 e. The Hall–Kier alpha value is -1.36. The second kappa shape index (κ2) is 14.7. The van der Waals surface area contributed by atoms with Gasteiger partial charge in [0.2, 0.25) is 0 Å². The summed E-state index contributed by atoms with van der Waals surface area (Å²) in [6.07, 6.45) is 20.7. The van der Waals surface area contributed by atoms with Gasteiger partial charge in [0.15, 0.2) is 0 Å². The highest BCUT2D eigenvalue weighted by atomic mass is 28.3. The molecule has 0 spiro atoms. The van der Waals surface area contributed by atoms with Crippen LogP contribution >= 0.6 is 0 Å². The van der Waals surface area contributed by atoms with Crippen molar-refractivity contribution in [3.63, 3.8) is 0 Å². The monoisotopic (exact) mass is 448 g/mol. The summed E-state index contributed by atoms with van der Waals surface area (Å²) in [5, 5.41) is 2.12. The van der Waals surface area contributed by atoms with Crippen LogP contribution < -0.4 is 0 Å². The number of hydrogen-bond donors (Lipinski definition) is 0. The molecular formula is C26H44O4Si. The molecule has 0 aromatic carbocycles. The SMILES string of the molecule is CCCCCCOC(=O)[Si](C(=O)OCCCCCC)(C1=CCCCC1)C1=CCCCC1. The van der Waals surface area contributed by atoms with E-state index in [4.69, 9.17) is 9.47 Å². The van der Waals surface area contributed by atoms with Crippen LogP contribution in [0.3, 0.4) is 0 Å². The zero-order valence-electron chi connectivity index (χ0n) is 20.0. The molecule has 176 valence electrons. The van der Waals surface area contributed by atoms with E-state index in [1.54, 1.807) is 0 Å². The lowest BCUT2D eigenvalue weighted by Crippen LogP contribution is -2.58. The molecular weight excluding hydrogens is 404 g/mol. The van der Waals surface area contributed by atoms with Gasteiger partial charge in [-0.15, -0.1) is 0 Å². The molecule has 0 atom stereocenters. The van der Waals surface area contributed by atoms with Crippen molar-refractivity contribution in [1.29, 1.82) is 0 Å². The molecule has 0 amide bonds. The normalized spacial score (nSPS) is 17.0. The third kappa shape index (κ3) is 7.33. The molecule has 0 aromatic heterocycles. The van der Waals surface area contributed by atoms with E-state index in [0.29, 0.717) is 13.2 Å². The Morgan fingerprint density at radius 1 is 0.710 bits per heavy atom. The summed E-state index contributed by atoms with van der Waals surface area (Å²) in [5.41, 5.74) is -0.521. The molecule has 2 aliphatic rings. The second-order valence-corrected chi connectivity index (χ2v) is 12.7. The lowest BCUT2D eigenvalue weighted by atomic mass is 10.1. The van der Waals surface area contributed by atoms with Crippen molar-refractivity contribution in [2.24, 2.45) is 0 Å². The molecule has 0 saturated heterocycles. The number of allylic oxidation sites excluding steroid dienone is 4. The first-order valence-electron chi connectivity index (χ1n) is 12.9. The standard InChI is InChI=1S/C26H44O4Si/c1-3-5-7-15-21-29-25(27)31(23-17-11-9-12-18-23,24-19-13-10-14-20-24)26(28)30-22-16-8-6-4-2/h17,19H,3-16,18,20-22H2,1-2H3. The van der Waals surface area contributed by atoms with Gasteiger partial charge in [-0.3, -0.25) is 9.59 Å². The van der Waals surface area contributed by atoms with Gasteiger partial charge in [0, 0.05) is 0 Å². The number of unbranched alkanes of at least 4 members (excludes halogenated alkanes) is 6. The quantitative estimate of drug-likeness (QED) is 0.199. The smallest absolute Gasteiger partial charge is 0.362 e. The lowest BCUT2D eigenvalue weighted by Gasteiger charge is -2.34. The third-order valence-electron chi connectivity index (χ3n) is 6.62. The number of carbonyl (C=O) groups is 2. The minimum Gasteiger partial charge on any atom is -0.469 e. The van der Waals surface area contributed by atoms with Gasteiger partial charge < -0.3 is 9.47 Å². The van der Waals surface area contributed by atoms with E-state index in [9.17, 15) is 9.59 Å². The van der Waals surface area contributed by atoms with Gasteiger partial charge in [0.25, 0.3) is 11.2 Å². The van der Waals surface area contributed by atoms with Crippen LogP contribution in [0.25, 0.3) is 0 Å². The molecule has 0 radical (unpaired) electrons. The van der Waals surface area contributed by atoms with Gasteiger partial charge in [-0.1, -0.05) is 74.9 Å². The number of ether oxygens (including phenoxy) is 2. The number of hydrogen-bond acceptors (Lipinski definition) is 4. The van der Waals surface area contributed by atoms with E-state index >= 15 is 0 Å². The fourth-order valence-corrected chi connectivity index (χ4v) is 9.04. The van der Waals surface area contributed by atoms with Crippen LogP contribution in [0.5, 0.6) is 0 Å². The first kappa shape index (κ1) is 25.9. The van der Waals surface area contributed by atoms with Crippen molar-refractivity contribution in [3.05, 3.63) is 22.5 Å². The van der Waals surface area contributed by atoms with E-state index in [2.05, 4.69) is 26.0 Å². The minimum atomic E-state index is -3.34. The minimum absolute atomic E-state index is 0.260. The zero-order valence-corrected chi connectivity index (χ0v) is 21.0. The van der Waals surface area contributed by atoms with Crippen LogP contribution in [0.1, 0.15) is 117 Å². The average Bonchev–Trinajstić information content (AvgIpc) is 2.81. The highest BCUT2D eigenvalue weighted by molar-refractivity contribution is 7.31. The Morgan fingerprint density at radius 3 is 1.52 bits per heavy atom. The van der Waals surface area contributed by atoms with E-state index in [1.807, 2.05) is 0 Å². The first-order chi connectivity index (χ1) is 15.2. The predicted octanol–water partition coefficient (Wildman–Crippen LogP) is 8.11. The fraction of sp³-hybridized carbons (Fsp3) is 0.769.